The number of carbonyl (C=O) groups is 1. The average Bonchev–Trinajstić information content (AvgIpc) is 2.61. The zero-order chi connectivity index (χ0) is 16.8. The maximum atomic E-state index is 12.3. The number of fused-ring (bicyclic) bond motifs is 1. The minimum absolute atomic E-state index is 0.0340. The summed E-state index contributed by atoms with van der Waals surface area (Å²) in [6, 6.07) is 14.1. The Labute approximate surface area is 153 Å². The summed E-state index contributed by atoms with van der Waals surface area (Å²) in [6.45, 7) is 0.682. The molecule has 0 saturated carbocycles. The number of thioether (sulfide) groups is 1. The molecular weight excluding hydrogens is 338 g/mol. The van der Waals surface area contributed by atoms with Gasteiger partial charge in [0.2, 0.25) is 0 Å². The summed E-state index contributed by atoms with van der Waals surface area (Å²) in [7, 11) is 0. The first-order valence-electron chi connectivity index (χ1n) is 8.44. The van der Waals surface area contributed by atoms with Crippen molar-refractivity contribution in [2.75, 3.05) is 12.3 Å². The lowest BCUT2D eigenvalue weighted by Crippen LogP contribution is -2.26. The molecule has 3 rings (SSSR count). The van der Waals surface area contributed by atoms with Crippen molar-refractivity contribution >= 4 is 29.3 Å². The molecule has 1 aliphatic carbocycles. The second kappa shape index (κ2) is 8.59. The van der Waals surface area contributed by atoms with E-state index in [9.17, 15) is 4.79 Å². The Hall–Kier alpha value is -1.45. The van der Waals surface area contributed by atoms with Crippen molar-refractivity contribution in [3.63, 3.8) is 0 Å². The maximum absolute atomic E-state index is 12.3. The van der Waals surface area contributed by atoms with Gasteiger partial charge in [-0.15, -0.1) is 0 Å². The van der Waals surface area contributed by atoms with E-state index in [-0.39, 0.29) is 5.91 Å². The van der Waals surface area contributed by atoms with Gasteiger partial charge in [-0.2, -0.15) is 11.8 Å². The third-order valence-electron chi connectivity index (χ3n) is 4.30. The normalized spacial score (nSPS) is 13.4. The molecule has 4 heteroatoms. The van der Waals surface area contributed by atoms with Gasteiger partial charge < -0.3 is 5.32 Å². The van der Waals surface area contributed by atoms with Gasteiger partial charge in [0.15, 0.2) is 0 Å². The highest BCUT2D eigenvalue weighted by atomic mass is 35.5. The number of aryl methyl sites for hydroxylation is 2. The minimum atomic E-state index is 0.0340. The standard InChI is InChI=1S/C20H22ClNOS/c21-19-7-3-4-15(12-19)14-24-11-10-22-20(23)18-9-8-16-5-1-2-6-17(16)13-18/h3-4,7-9,12-13H,1-2,5-6,10-11,14H2,(H,22,23). The molecule has 0 aromatic heterocycles. The van der Waals surface area contributed by atoms with Crippen molar-refractivity contribution < 1.29 is 4.79 Å². The Morgan fingerprint density at radius 2 is 1.92 bits per heavy atom. The SMILES string of the molecule is O=C(NCCSCc1cccc(Cl)c1)c1ccc2c(c1)CCCC2. The van der Waals surface area contributed by atoms with E-state index in [1.165, 1.54) is 29.5 Å². The van der Waals surface area contributed by atoms with Crippen LogP contribution in [0.5, 0.6) is 0 Å². The van der Waals surface area contributed by atoms with Crippen molar-refractivity contribution in [2.24, 2.45) is 0 Å². The summed E-state index contributed by atoms with van der Waals surface area (Å²) in [6.07, 6.45) is 4.75. The fraction of sp³-hybridized carbons (Fsp3) is 0.350. The van der Waals surface area contributed by atoms with Gasteiger partial charge in [-0.05, 0) is 66.6 Å². The van der Waals surface area contributed by atoms with Gasteiger partial charge in [-0.25, -0.2) is 0 Å². The van der Waals surface area contributed by atoms with Crippen molar-refractivity contribution in [3.8, 4) is 0 Å². The Kier molecular flexibility index (Phi) is 6.22. The first-order chi connectivity index (χ1) is 11.7. The van der Waals surface area contributed by atoms with E-state index in [4.69, 9.17) is 11.6 Å². The predicted molar refractivity (Wildman–Crippen MR) is 103 cm³/mol. The van der Waals surface area contributed by atoms with Gasteiger partial charge >= 0.3 is 0 Å². The van der Waals surface area contributed by atoms with Gasteiger partial charge in [-0.1, -0.05) is 29.8 Å². The largest absolute Gasteiger partial charge is 0.351 e. The number of benzene rings is 2. The molecule has 0 heterocycles. The zero-order valence-electron chi connectivity index (χ0n) is 13.7. The van der Waals surface area contributed by atoms with E-state index >= 15 is 0 Å². The van der Waals surface area contributed by atoms with E-state index in [1.807, 2.05) is 24.3 Å². The molecular formula is C20H22ClNOS. The highest BCUT2D eigenvalue weighted by Gasteiger charge is 2.12. The van der Waals surface area contributed by atoms with Crippen LogP contribution in [0.2, 0.25) is 5.02 Å². The van der Waals surface area contributed by atoms with Crippen LogP contribution in [0, 0.1) is 0 Å². The summed E-state index contributed by atoms with van der Waals surface area (Å²) in [4.78, 5) is 12.3. The number of rotatable bonds is 6. The van der Waals surface area contributed by atoms with Gasteiger partial charge in [0, 0.05) is 28.6 Å². The summed E-state index contributed by atoms with van der Waals surface area (Å²) in [5.74, 6) is 1.84. The molecule has 2 aromatic carbocycles. The second-order valence-electron chi connectivity index (χ2n) is 6.13. The molecule has 0 bridgehead atoms. The molecule has 1 N–H and O–H groups in total. The molecule has 1 aliphatic rings. The van der Waals surface area contributed by atoms with Crippen LogP contribution in [0.4, 0.5) is 0 Å². The lowest BCUT2D eigenvalue weighted by Gasteiger charge is -2.16. The van der Waals surface area contributed by atoms with Crippen LogP contribution in [0.15, 0.2) is 42.5 Å². The molecule has 0 radical (unpaired) electrons. The highest BCUT2D eigenvalue weighted by Crippen LogP contribution is 2.22. The molecule has 24 heavy (non-hydrogen) atoms. The number of hydrogen-bond donors (Lipinski definition) is 1. The number of amides is 1. The van der Waals surface area contributed by atoms with Crippen LogP contribution >= 0.6 is 23.4 Å². The maximum Gasteiger partial charge on any atom is 0.251 e. The molecule has 2 nitrogen and oxygen atoms in total. The van der Waals surface area contributed by atoms with Gasteiger partial charge in [0.25, 0.3) is 5.91 Å². The highest BCUT2D eigenvalue weighted by molar-refractivity contribution is 7.98. The number of nitrogens with one attached hydrogen (secondary N) is 1. The minimum Gasteiger partial charge on any atom is -0.351 e. The second-order valence-corrected chi connectivity index (χ2v) is 7.67. The van der Waals surface area contributed by atoms with Crippen LogP contribution < -0.4 is 5.32 Å². The Balaban J connectivity index is 1.42. The average molecular weight is 360 g/mol. The number of halogens is 1. The van der Waals surface area contributed by atoms with Crippen molar-refractivity contribution in [2.45, 2.75) is 31.4 Å². The lowest BCUT2D eigenvalue weighted by atomic mass is 9.90. The monoisotopic (exact) mass is 359 g/mol. The Bertz CT molecular complexity index is 717. The fourth-order valence-electron chi connectivity index (χ4n) is 3.03. The van der Waals surface area contributed by atoms with Gasteiger partial charge in [0.1, 0.15) is 0 Å². The predicted octanol–water partition coefficient (Wildman–Crippen LogP) is 4.88. The molecule has 1 amide bonds. The van der Waals surface area contributed by atoms with Crippen molar-refractivity contribution in [3.05, 3.63) is 69.7 Å². The molecule has 0 aliphatic heterocycles. The summed E-state index contributed by atoms with van der Waals surface area (Å²) in [5, 5.41) is 3.79. The van der Waals surface area contributed by atoms with Crippen LogP contribution in [0.1, 0.15) is 39.9 Å². The summed E-state index contributed by atoms with van der Waals surface area (Å²) < 4.78 is 0. The zero-order valence-corrected chi connectivity index (χ0v) is 15.3. The third kappa shape index (κ3) is 4.78. The molecule has 0 spiro atoms. The molecule has 0 atom stereocenters. The topological polar surface area (TPSA) is 29.1 Å². The van der Waals surface area contributed by atoms with Crippen LogP contribution in [0.25, 0.3) is 0 Å². The first kappa shape index (κ1) is 17.4. The number of carbonyl (C=O) groups excluding carboxylic acids is 1. The van der Waals surface area contributed by atoms with E-state index < -0.39 is 0 Å². The number of hydrogen-bond acceptors (Lipinski definition) is 2. The van der Waals surface area contributed by atoms with Crippen LogP contribution in [0.3, 0.4) is 0 Å². The third-order valence-corrected chi connectivity index (χ3v) is 5.57. The summed E-state index contributed by atoms with van der Waals surface area (Å²) >= 11 is 7.78. The first-order valence-corrected chi connectivity index (χ1v) is 9.98. The molecule has 0 unspecified atom stereocenters. The molecule has 0 fully saturated rings. The van der Waals surface area contributed by atoms with Gasteiger partial charge in [0.05, 0.1) is 0 Å². The van der Waals surface area contributed by atoms with E-state index in [0.29, 0.717) is 6.54 Å². The molecule has 0 saturated heterocycles. The van der Waals surface area contributed by atoms with Gasteiger partial charge in [-0.3, -0.25) is 4.79 Å². The van der Waals surface area contributed by atoms with Crippen LogP contribution in [-0.2, 0) is 18.6 Å². The van der Waals surface area contributed by atoms with E-state index in [2.05, 4.69) is 23.5 Å². The van der Waals surface area contributed by atoms with Crippen molar-refractivity contribution in [1.29, 1.82) is 0 Å². The Morgan fingerprint density at radius 3 is 2.75 bits per heavy atom. The quantitative estimate of drug-likeness (QED) is 0.744. The van der Waals surface area contributed by atoms with E-state index in [1.54, 1.807) is 11.8 Å². The fourth-order valence-corrected chi connectivity index (χ4v) is 4.05. The smallest absolute Gasteiger partial charge is 0.251 e. The van der Waals surface area contributed by atoms with Crippen molar-refractivity contribution in [1.82, 2.24) is 5.32 Å². The van der Waals surface area contributed by atoms with Crippen LogP contribution in [-0.4, -0.2) is 18.2 Å². The molecule has 2 aromatic rings. The Morgan fingerprint density at radius 1 is 1.08 bits per heavy atom. The van der Waals surface area contributed by atoms with E-state index in [0.717, 1.165) is 34.9 Å². The molecule has 126 valence electrons. The lowest BCUT2D eigenvalue weighted by molar-refractivity contribution is 0.0956. The summed E-state index contributed by atoms with van der Waals surface area (Å²) in [5.41, 5.74) is 4.77.